The largest absolute Gasteiger partial charge is 0.507 e. The molecule has 12 heavy (non-hydrogen) atoms. The number of hydrogen-bond donors (Lipinski definition) is 0. The molecule has 6 heteroatoms. The van der Waals surface area contributed by atoms with Crippen molar-refractivity contribution in [1.29, 1.82) is 0 Å². The highest BCUT2D eigenvalue weighted by molar-refractivity contribution is 6.66. The molecular formula is C6H9BF3O2-. The highest BCUT2D eigenvalue weighted by atomic mass is 19.4. The third kappa shape index (κ3) is 2.53. The molecule has 0 amide bonds. The summed E-state index contributed by atoms with van der Waals surface area (Å²) < 4.78 is 45.2. The minimum absolute atomic E-state index is 0.181. The Morgan fingerprint density at radius 1 is 1.50 bits per heavy atom. The van der Waals surface area contributed by atoms with Crippen LogP contribution in [0.4, 0.5) is 12.9 Å². The molecule has 0 atom stereocenters. The summed E-state index contributed by atoms with van der Waals surface area (Å²) in [6, 6.07) is 0. The van der Waals surface area contributed by atoms with E-state index >= 15 is 0 Å². The summed E-state index contributed by atoms with van der Waals surface area (Å²) in [6.07, 6.45) is -0.181. The summed E-state index contributed by atoms with van der Waals surface area (Å²) in [5, 5.41) is 0. The molecule has 0 aliphatic carbocycles. The molecule has 70 valence electrons. The molecule has 1 aliphatic rings. The van der Waals surface area contributed by atoms with Crippen LogP contribution < -0.4 is 0 Å². The van der Waals surface area contributed by atoms with Crippen LogP contribution in [0.1, 0.15) is 0 Å². The van der Waals surface area contributed by atoms with E-state index in [1.165, 1.54) is 0 Å². The van der Waals surface area contributed by atoms with Gasteiger partial charge in [-0.3, -0.25) is 0 Å². The molecule has 0 aromatic heterocycles. The minimum Gasteiger partial charge on any atom is -0.445 e. The Bertz CT molecular complexity index is 176. The zero-order valence-corrected chi connectivity index (χ0v) is 6.43. The minimum atomic E-state index is -4.94. The third-order valence-corrected chi connectivity index (χ3v) is 1.57. The van der Waals surface area contributed by atoms with Gasteiger partial charge < -0.3 is 22.4 Å². The molecule has 1 saturated heterocycles. The first-order valence-corrected chi connectivity index (χ1v) is 3.57. The summed E-state index contributed by atoms with van der Waals surface area (Å²) in [5.41, 5.74) is -0.790. The van der Waals surface area contributed by atoms with E-state index in [0.717, 1.165) is 0 Å². The second-order valence-corrected chi connectivity index (χ2v) is 2.70. The van der Waals surface area contributed by atoms with Crippen molar-refractivity contribution in [3.63, 3.8) is 0 Å². The predicted molar refractivity (Wildman–Crippen MR) is 38.8 cm³/mol. The maximum absolute atomic E-state index is 11.9. The molecule has 1 fully saturated rings. The van der Waals surface area contributed by atoms with E-state index < -0.39 is 19.1 Å². The lowest BCUT2D eigenvalue weighted by Crippen LogP contribution is -2.37. The predicted octanol–water partition coefficient (Wildman–Crippen LogP) is 1.34. The van der Waals surface area contributed by atoms with Gasteiger partial charge in [-0.15, -0.1) is 12.1 Å². The Balaban J connectivity index is 2.17. The smallest absolute Gasteiger partial charge is 0.445 e. The van der Waals surface area contributed by atoms with Gasteiger partial charge in [0.2, 0.25) is 0 Å². The van der Waals surface area contributed by atoms with Crippen LogP contribution in [-0.2, 0) is 9.47 Å². The van der Waals surface area contributed by atoms with Gasteiger partial charge in [-0.2, -0.15) is 0 Å². The Morgan fingerprint density at radius 3 is 2.42 bits per heavy atom. The van der Waals surface area contributed by atoms with E-state index in [2.05, 4.69) is 6.58 Å². The Hall–Kier alpha value is -0.485. The number of ether oxygens (including phenoxy) is 2. The Morgan fingerprint density at radius 2 is 2.08 bits per heavy atom. The van der Waals surface area contributed by atoms with Crippen LogP contribution in [0.15, 0.2) is 12.1 Å². The summed E-state index contributed by atoms with van der Waals surface area (Å²) in [4.78, 5) is 0. The lowest BCUT2D eigenvalue weighted by molar-refractivity contribution is -0.123. The van der Waals surface area contributed by atoms with Crippen LogP contribution in [0.25, 0.3) is 0 Å². The van der Waals surface area contributed by atoms with Gasteiger partial charge in [-0.1, -0.05) is 0 Å². The Labute approximate surface area is 68.4 Å². The van der Waals surface area contributed by atoms with Gasteiger partial charge in [0.05, 0.1) is 13.2 Å². The van der Waals surface area contributed by atoms with Crippen molar-refractivity contribution in [3.8, 4) is 0 Å². The monoisotopic (exact) mass is 181 g/mol. The fourth-order valence-electron chi connectivity index (χ4n) is 0.630. The summed E-state index contributed by atoms with van der Waals surface area (Å²) in [6.45, 7) is -1.71. The highest BCUT2D eigenvalue weighted by Crippen LogP contribution is 2.19. The van der Waals surface area contributed by atoms with Crippen molar-refractivity contribution in [2.24, 2.45) is 0 Å². The van der Waals surface area contributed by atoms with Crippen molar-refractivity contribution < 1.29 is 22.4 Å². The maximum atomic E-state index is 11.9. The van der Waals surface area contributed by atoms with Gasteiger partial charge >= 0.3 is 6.98 Å². The lowest BCUT2D eigenvalue weighted by Gasteiger charge is -2.28. The standard InChI is InChI=1S/C6H9BF3O2/c1-5(7(8,9)10)2-12-6-3-11-4-6/h6H,1-4H2/q-1. The first-order valence-electron chi connectivity index (χ1n) is 3.57. The third-order valence-electron chi connectivity index (χ3n) is 1.57. The summed E-state index contributed by atoms with van der Waals surface area (Å²) in [5.74, 6) is 0. The van der Waals surface area contributed by atoms with E-state index in [1.807, 2.05) is 0 Å². The van der Waals surface area contributed by atoms with Gasteiger partial charge in [0.1, 0.15) is 6.10 Å². The molecule has 0 bridgehead atoms. The molecule has 0 unspecified atom stereocenters. The van der Waals surface area contributed by atoms with Gasteiger partial charge in [0.25, 0.3) is 0 Å². The topological polar surface area (TPSA) is 18.5 Å². The number of hydrogen-bond acceptors (Lipinski definition) is 2. The second kappa shape index (κ2) is 3.49. The molecule has 0 saturated carbocycles. The molecule has 2 nitrogen and oxygen atoms in total. The van der Waals surface area contributed by atoms with Crippen molar-refractivity contribution in [3.05, 3.63) is 12.1 Å². The molecule has 0 radical (unpaired) electrons. The van der Waals surface area contributed by atoms with Crippen LogP contribution in [0.3, 0.4) is 0 Å². The van der Waals surface area contributed by atoms with Crippen LogP contribution in [-0.4, -0.2) is 32.9 Å². The average molecular weight is 181 g/mol. The molecule has 0 spiro atoms. The lowest BCUT2D eigenvalue weighted by atomic mass is 9.81. The second-order valence-electron chi connectivity index (χ2n) is 2.70. The molecule has 0 N–H and O–H groups in total. The van der Waals surface area contributed by atoms with E-state index in [1.54, 1.807) is 0 Å². The first kappa shape index (κ1) is 9.60. The highest BCUT2D eigenvalue weighted by Gasteiger charge is 2.28. The van der Waals surface area contributed by atoms with Crippen LogP contribution in [0, 0.1) is 0 Å². The van der Waals surface area contributed by atoms with Crippen LogP contribution in [0.2, 0.25) is 0 Å². The normalized spacial score (nSPS) is 18.9. The van der Waals surface area contributed by atoms with Crippen LogP contribution >= 0.6 is 0 Å². The molecule has 0 aromatic rings. The first-order chi connectivity index (χ1) is 5.50. The summed E-state index contributed by atoms with van der Waals surface area (Å²) in [7, 11) is 0. The van der Waals surface area contributed by atoms with Crippen molar-refractivity contribution in [1.82, 2.24) is 0 Å². The number of halogens is 3. The van der Waals surface area contributed by atoms with Crippen molar-refractivity contribution >= 4 is 6.98 Å². The van der Waals surface area contributed by atoms with E-state index in [4.69, 9.17) is 9.47 Å². The van der Waals surface area contributed by atoms with Crippen molar-refractivity contribution in [2.75, 3.05) is 19.8 Å². The van der Waals surface area contributed by atoms with Gasteiger partial charge in [-0.05, 0) is 0 Å². The Kier molecular flexibility index (Phi) is 2.79. The van der Waals surface area contributed by atoms with Crippen LogP contribution in [0.5, 0.6) is 0 Å². The number of rotatable bonds is 4. The zero-order valence-electron chi connectivity index (χ0n) is 6.43. The molecule has 1 heterocycles. The average Bonchev–Trinajstić information content (AvgIpc) is 1.81. The molecule has 1 aliphatic heterocycles. The molecular weight excluding hydrogens is 172 g/mol. The fraction of sp³-hybridized carbons (Fsp3) is 0.667. The molecule has 0 aromatic carbocycles. The molecule has 1 rings (SSSR count). The maximum Gasteiger partial charge on any atom is 0.507 e. The van der Waals surface area contributed by atoms with E-state index in [-0.39, 0.29) is 6.10 Å². The van der Waals surface area contributed by atoms with E-state index in [9.17, 15) is 12.9 Å². The van der Waals surface area contributed by atoms with E-state index in [0.29, 0.717) is 13.2 Å². The quantitative estimate of drug-likeness (QED) is 0.609. The van der Waals surface area contributed by atoms with Gasteiger partial charge in [-0.25, -0.2) is 0 Å². The zero-order chi connectivity index (χ0) is 9.19. The van der Waals surface area contributed by atoms with Gasteiger partial charge in [0, 0.05) is 6.61 Å². The fourth-order valence-corrected chi connectivity index (χ4v) is 0.630. The van der Waals surface area contributed by atoms with Gasteiger partial charge in [0.15, 0.2) is 0 Å². The summed E-state index contributed by atoms with van der Waals surface area (Å²) >= 11 is 0. The SMILES string of the molecule is C=C(COC1COC1)[B-](F)(F)F. The van der Waals surface area contributed by atoms with Crippen molar-refractivity contribution in [2.45, 2.75) is 6.10 Å².